The van der Waals surface area contributed by atoms with Crippen LogP contribution in [0.15, 0.2) is 30.3 Å². The molecule has 0 radical (unpaired) electrons. The van der Waals surface area contributed by atoms with Crippen LogP contribution in [0, 0.1) is 0 Å². The van der Waals surface area contributed by atoms with E-state index in [2.05, 4.69) is 17.4 Å². The molecule has 25 heavy (non-hydrogen) atoms. The normalized spacial score (nSPS) is 20.3. The van der Waals surface area contributed by atoms with Crippen LogP contribution in [0.3, 0.4) is 0 Å². The number of rotatable bonds is 9. The van der Waals surface area contributed by atoms with Crippen molar-refractivity contribution in [3.05, 3.63) is 35.9 Å². The summed E-state index contributed by atoms with van der Waals surface area (Å²) in [6.07, 6.45) is 1.48. The highest BCUT2D eigenvalue weighted by Gasteiger charge is 2.44. The lowest BCUT2D eigenvalue weighted by Gasteiger charge is -2.32. The predicted octanol–water partition coefficient (Wildman–Crippen LogP) is 2.03. The van der Waals surface area contributed by atoms with E-state index in [1.807, 2.05) is 36.9 Å². The van der Waals surface area contributed by atoms with Gasteiger partial charge in [-0.25, -0.2) is 0 Å². The Morgan fingerprint density at radius 1 is 1.12 bits per heavy atom. The fourth-order valence-corrected chi connectivity index (χ4v) is 5.12. The first kappa shape index (κ1) is 20.1. The van der Waals surface area contributed by atoms with Gasteiger partial charge in [0, 0.05) is 33.9 Å². The Hall–Kier alpha value is -1.25. The summed E-state index contributed by atoms with van der Waals surface area (Å²) in [5.41, 5.74) is 0.795. The van der Waals surface area contributed by atoms with Gasteiger partial charge in [0.1, 0.15) is 0 Å². The molecule has 140 valence electrons. The summed E-state index contributed by atoms with van der Waals surface area (Å²) in [5.74, 6) is 0.147. The molecule has 2 rings (SSSR count). The van der Waals surface area contributed by atoms with Crippen molar-refractivity contribution in [3.8, 4) is 0 Å². The Morgan fingerprint density at radius 2 is 1.72 bits per heavy atom. The fourth-order valence-electron chi connectivity index (χ4n) is 3.42. The second-order valence-corrected chi connectivity index (χ2v) is 9.93. The largest absolute Gasteiger partial charge is 0.500 e. The van der Waals surface area contributed by atoms with E-state index < -0.39 is 8.80 Å². The lowest BCUT2D eigenvalue weighted by molar-refractivity contribution is -0.131. The van der Waals surface area contributed by atoms with Crippen LogP contribution in [-0.2, 0) is 24.5 Å². The number of hydrogen-bond donors (Lipinski definition) is 1. The molecule has 1 heterocycles. The van der Waals surface area contributed by atoms with Crippen molar-refractivity contribution in [3.63, 3.8) is 0 Å². The summed E-state index contributed by atoms with van der Waals surface area (Å²) >= 11 is 0. The van der Waals surface area contributed by atoms with Crippen molar-refractivity contribution in [2.24, 2.45) is 0 Å². The van der Waals surface area contributed by atoms with Gasteiger partial charge in [-0.15, -0.1) is 0 Å². The van der Waals surface area contributed by atoms with Gasteiger partial charge < -0.3 is 18.2 Å². The maximum Gasteiger partial charge on any atom is 0.500 e. The molecule has 0 aromatic heterocycles. The summed E-state index contributed by atoms with van der Waals surface area (Å²) in [6, 6.07) is 10.6. The molecule has 6 nitrogen and oxygen atoms in total. The average molecular weight is 367 g/mol. The highest BCUT2D eigenvalue weighted by Crippen LogP contribution is 2.25. The zero-order valence-electron chi connectivity index (χ0n) is 15.9. The molecule has 0 aliphatic carbocycles. The van der Waals surface area contributed by atoms with Gasteiger partial charge >= 0.3 is 8.80 Å². The monoisotopic (exact) mass is 366 g/mol. The quantitative estimate of drug-likeness (QED) is 0.678. The molecule has 1 aromatic rings. The van der Waals surface area contributed by atoms with E-state index in [4.69, 9.17) is 13.3 Å². The van der Waals surface area contributed by atoms with Gasteiger partial charge in [-0.2, -0.15) is 0 Å². The second kappa shape index (κ2) is 8.42. The summed E-state index contributed by atoms with van der Waals surface area (Å²) in [4.78, 5) is 14.8. The predicted molar refractivity (Wildman–Crippen MR) is 99.1 cm³/mol. The Kier molecular flexibility index (Phi) is 6.76. The van der Waals surface area contributed by atoms with E-state index in [1.165, 1.54) is 0 Å². The van der Waals surface area contributed by atoms with Crippen LogP contribution in [0.5, 0.6) is 0 Å². The van der Waals surface area contributed by atoms with Gasteiger partial charge in [0.2, 0.25) is 5.91 Å². The number of carbonyl (C=O) groups excluding carboxylic acids is 1. The van der Waals surface area contributed by atoms with Crippen molar-refractivity contribution >= 4 is 14.7 Å². The number of hydrogen-bond acceptors (Lipinski definition) is 5. The van der Waals surface area contributed by atoms with Crippen LogP contribution < -0.4 is 5.32 Å². The fraction of sp³-hybridized carbons (Fsp3) is 0.611. The van der Waals surface area contributed by atoms with E-state index in [-0.39, 0.29) is 17.6 Å². The number of carbonyl (C=O) groups is 1. The molecular weight excluding hydrogens is 336 g/mol. The highest BCUT2D eigenvalue weighted by molar-refractivity contribution is 6.60. The maximum absolute atomic E-state index is 12.9. The third kappa shape index (κ3) is 4.68. The van der Waals surface area contributed by atoms with Crippen LogP contribution in [0.2, 0.25) is 6.04 Å². The SMILES string of the molecule is CO[Si](CCCN1C(=O)[C@H](Cc2ccccc2)NC1(C)C)(OC)OC. The first-order chi connectivity index (χ1) is 11.9. The first-order valence-corrected chi connectivity index (χ1v) is 10.6. The Labute approximate surface area is 151 Å². The smallest absolute Gasteiger partial charge is 0.377 e. The van der Waals surface area contributed by atoms with Gasteiger partial charge in [-0.05, 0) is 32.3 Å². The maximum atomic E-state index is 12.9. The van der Waals surface area contributed by atoms with Crippen molar-refractivity contribution in [1.29, 1.82) is 0 Å². The van der Waals surface area contributed by atoms with E-state index in [9.17, 15) is 4.79 Å². The van der Waals surface area contributed by atoms with Gasteiger partial charge in [0.25, 0.3) is 0 Å². The summed E-state index contributed by atoms with van der Waals surface area (Å²) in [5, 5.41) is 3.46. The van der Waals surface area contributed by atoms with Crippen LogP contribution in [0.25, 0.3) is 0 Å². The standard InChI is InChI=1S/C18H30N2O4Si/c1-18(2)19-16(14-15-10-7-6-8-11-15)17(21)20(18)12-9-13-25(22-3,23-4)24-5/h6-8,10-11,16,19H,9,12-14H2,1-5H3/t16-/m0/s1. The number of nitrogens with zero attached hydrogens (tertiary/aromatic N) is 1. The molecule has 0 bridgehead atoms. The molecule has 7 heteroatoms. The zero-order valence-corrected chi connectivity index (χ0v) is 16.9. The van der Waals surface area contributed by atoms with E-state index in [1.54, 1.807) is 21.3 Å². The number of benzene rings is 1. The topological polar surface area (TPSA) is 60.0 Å². The highest BCUT2D eigenvalue weighted by atomic mass is 28.4. The minimum absolute atomic E-state index is 0.147. The van der Waals surface area contributed by atoms with Crippen molar-refractivity contribution in [2.75, 3.05) is 27.9 Å². The first-order valence-electron chi connectivity index (χ1n) is 8.66. The van der Waals surface area contributed by atoms with Crippen LogP contribution in [-0.4, -0.2) is 59.2 Å². The van der Waals surface area contributed by atoms with E-state index in [0.717, 1.165) is 12.0 Å². The molecule has 1 amide bonds. The van der Waals surface area contributed by atoms with E-state index in [0.29, 0.717) is 19.0 Å². The average Bonchev–Trinajstić information content (AvgIpc) is 2.82. The molecule has 1 saturated heterocycles. The zero-order chi connectivity index (χ0) is 18.5. The van der Waals surface area contributed by atoms with Gasteiger partial charge in [-0.1, -0.05) is 30.3 Å². The van der Waals surface area contributed by atoms with Crippen LogP contribution >= 0.6 is 0 Å². The van der Waals surface area contributed by atoms with Gasteiger partial charge in [-0.3, -0.25) is 10.1 Å². The number of nitrogens with one attached hydrogen (secondary N) is 1. The molecule has 1 aliphatic rings. The molecule has 0 unspecified atom stereocenters. The van der Waals surface area contributed by atoms with E-state index >= 15 is 0 Å². The van der Waals surface area contributed by atoms with Gasteiger partial charge in [0.05, 0.1) is 11.7 Å². The third-order valence-electron chi connectivity index (χ3n) is 4.85. The minimum atomic E-state index is -2.59. The molecule has 0 spiro atoms. The minimum Gasteiger partial charge on any atom is -0.377 e. The lowest BCUT2D eigenvalue weighted by atomic mass is 10.1. The summed E-state index contributed by atoms with van der Waals surface area (Å²) in [6.45, 7) is 4.74. The molecule has 1 aliphatic heterocycles. The summed E-state index contributed by atoms with van der Waals surface area (Å²) in [7, 11) is 2.24. The third-order valence-corrected chi connectivity index (χ3v) is 7.68. The molecule has 0 saturated carbocycles. The Morgan fingerprint density at radius 3 is 2.28 bits per heavy atom. The Balaban J connectivity index is 1.97. The van der Waals surface area contributed by atoms with Crippen LogP contribution in [0.4, 0.5) is 0 Å². The lowest BCUT2D eigenvalue weighted by Crippen LogP contribution is -2.48. The van der Waals surface area contributed by atoms with Crippen molar-refractivity contribution < 1.29 is 18.1 Å². The van der Waals surface area contributed by atoms with Gasteiger partial charge in [0.15, 0.2) is 0 Å². The second-order valence-electron chi connectivity index (χ2n) is 6.83. The van der Waals surface area contributed by atoms with Crippen molar-refractivity contribution in [1.82, 2.24) is 10.2 Å². The molecule has 1 fully saturated rings. The molecule has 1 atom stereocenters. The number of amides is 1. The summed E-state index contributed by atoms with van der Waals surface area (Å²) < 4.78 is 16.4. The van der Waals surface area contributed by atoms with Crippen molar-refractivity contribution in [2.45, 2.75) is 44.4 Å². The molecule has 1 aromatic carbocycles. The Bertz CT molecular complexity index is 555. The molecule has 1 N–H and O–H groups in total. The van der Waals surface area contributed by atoms with Crippen LogP contribution in [0.1, 0.15) is 25.8 Å². The molecular formula is C18H30N2O4Si.